The second kappa shape index (κ2) is 28.5. The van der Waals surface area contributed by atoms with Gasteiger partial charge in [0.05, 0.1) is 96.7 Å². The van der Waals surface area contributed by atoms with Gasteiger partial charge in [0.1, 0.15) is 36.7 Å². The first-order valence-corrected chi connectivity index (χ1v) is 30.0. The Morgan fingerprint density at radius 3 is 2.29 bits per heavy atom. The number of nitrogens with one attached hydrogen (secondary N) is 3. The van der Waals surface area contributed by atoms with Gasteiger partial charge in [0, 0.05) is 66.4 Å². The highest BCUT2D eigenvalue weighted by Crippen LogP contribution is 2.37. The molecular formula is C64H69ClN8O13S. The molecule has 3 atom stereocenters. The number of carbonyl (C=O) groups excluding carboxylic acids is 4. The molecule has 0 spiro atoms. The largest absolute Gasteiger partial charge is 0.491 e. The number of carbonyl (C=O) groups is 5. The first kappa shape index (κ1) is 61.9. The molecule has 5 aromatic carbocycles. The Balaban J connectivity index is 0.596. The van der Waals surface area contributed by atoms with E-state index in [9.17, 15) is 34.2 Å². The molecule has 0 radical (unpaired) electrons. The number of imidazole rings is 1. The number of β-amino-alcohol motifs (C(OH)–C–C–N with tert-alkyl or cyclic N) is 1. The summed E-state index contributed by atoms with van der Waals surface area (Å²) in [7, 11) is 0. The van der Waals surface area contributed by atoms with Crippen LogP contribution in [-0.2, 0) is 53.0 Å². The van der Waals surface area contributed by atoms with Crippen molar-refractivity contribution in [2.75, 3.05) is 72.6 Å². The Morgan fingerprint density at radius 1 is 0.828 bits per heavy atom. The van der Waals surface area contributed by atoms with E-state index in [0.717, 1.165) is 43.7 Å². The topological polar surface area (TPSA) is 258 Å². The van der Waals surface area contributed by atoms with E-state index in [-0.39, 0.29) is 74.5 Å². The number of hydrogen-bond donors (Lipinski definition) is 5. The number of aromatic amines is 1. The number of benzene rings is 5. The summed E-state index contributed by atoms with van der Waals surface area (Å²) in [6.45, 7) is 11.2. The maximum atomic E-state index is 14.3. The van der Waals surface area contributed by atoms with Crippen LogP contribution in [0.1, 0.15) is 63.4 Å². The number of aryl methyl sites for hydroxylation is 2. The summed E-state index contributed by atoms with van der Waals surface area (Å²) in [4.78, 5) is 82.2. The van der Waals surface area contributed by atoms with E-state index in [2.05, 4.69) is 25.6 Å². The van der Waals surface area contributed by atoms with Crippen molar-refractivity contribution in [2.45, 2.75) is 71.9 Å². The van der Waals surface area contributed by atoms with Gasteiger partial charge in [-0.25, -0.2) is 9.78 Å². The number of aromatic nitrogens is 4. The summed E-state index contributed by atoms with van der Waals surface area (Å²) in [6.07, 6.45) is 1.04. The Hall–Kier alpha value is -8.22. The third kappa shape index (κ3) is 15.0. The van der Waals surface area contributed by atoms with Gasteiger partial charge in [-0.2, -0.15) is 4.98 Å². The second-order valence-electron chi connectivity index (χ2n) is 21.6. The Kier molecular flexibility index (Phi) is 20.3. The SMILES string of the molecule is Cc1ccc(Oc2nc3cc(-c4ccc5c(ccn5CC(=O)NCCOCCOCCOCCOCCOc5cc(-c6scnc6C)ccc5CNC(=O)[C@@H]5C[C@@H](O)CN5C(=O)[C@H](C(C)C)N5Cc6ccccc6C5=O)c4)c(Cl)cc3[nH]2)cc1C(=O)O. The van der Waals surface area contributed by atoms with Gasteiger partial charge >= 0.3 is 5.97 Å². The standard InChI is InChI=1S/C64H69ClN8O13S/c1-38(2)58(73-34-45-7-5-6-8-48(45)61(73)77)62(78)72-35-46(74)29-55(72)60(76)67-33-44-11-10-43(59-40(4)68-37-87-59)28-56(44)85-26-25-84-24-23-83-22-21-82-20-19-81-18-16-66-57(75)36-71-17-15-42-27-41(12-14-54(42)71)50-31-52-53(32-51(50)65)70-64(69-52)86-47-13-9-39(3)49(30-47)63(79)80/h5-15,17,27-28,30-32,37-38,46,55,58,74H,16,18-26,29,33-36H2,1-4H3,(H,66,75)(H,67,76)(H,69,70)(H,79,80)/t46-,55+,58+/m1/s1. The van der Waals surface area contributed by atoms with Crippen molar-refractivity contribution in [3.05, 3.63) is 147 Å². The molecule has 5 heterocycles. The van der Waals surface area contributed by atoms with Gasteiger partial charge in [-0.15, -0.1) is 11.3 Å². The molecule has 5 N–H and O–H groups in total. The first-order chi connectivity index (χ1) is 42.1. The van der Waals surface area contributed by atoms with Gasteiger partial charge in [0.15, 0.2) is 0 Å². The first-order valence-electron chi connectivity index (χ1n) is 28.8. The number of aliphatic hydroxyl groups is 1. The van der Waals surface area contributed by atoms with E-state index in [1.807, 2.05) is 92.2 Å². The summed E-state index contributed by atoms with van der Waals surface area (Å²) >= 11 is 8.28. The van der Waals surface area contributed by atoms with Crippen LogP contribution in [0.15, 0.2) is 109 Å². The van der Waals surface area contributed by atoms with Crippen LogP contribution in [0.25, 0.3) is 43.5 Å². The van der Waals surface area contributed by atoms with Crippen LogP contribution >= 0.6 is 22.9 Å². The van der Waals surface area contributed by atoms with Crippen LogP contribution in [-0.4, -0.2) is 160 Å². The molecule has 1 fully saturated rings. The summed E-state index contributed by atoms with van der Waals surface area (Å²) in [5.41, 5.74) is 10.2. The van der Waals surface area contributed by atoms with Crippen molar-refractivity contribution < 1.29 is 62.6 Å². The molecule has 2 aliphatic heterocycles. The zero-order valence-corrected chi connectivity index (χ0v) is 50.3. The molecule has 87 heavy (non-hydrogen) atoms. The lowest BCUT2D eigenvalue weighted by Crippen LogP contribution is -2.55. The van der Waals surface area contributed by atoms with Crippen molar-refractivity contribution in [3.8, 4) is 39.1 Å². The lowest BCUT2D eigenvalue weighted by atomic mass is 10.0. The van der Waals surface area contributed by atoms with E-state index in [4.69, 9.17) is 40.0 Å². The van der Waals surface area contributed by atoms with Crippen LogP contribution in [0, 0.1) is 19.8 Å². The molecule has 0 saturated carbocycles. The third-order valence-electron chi connectivity index (χ3n) is 15.2. The quantitative estimate of drug-likeness (QED) is 0.0275. The molecule has 0 aliphatic carbocycles. The lowest BCUT2D eigenvalue weighted by molar-refractivity contribution is -0.143. The van der Waals surface area contributed by atoms with Gasteiger partial charge in [0.2, 0.25) is 17.7 Å². The molecule has 456 valence electrons. The molecule has 4 amide bonds. The van der Waals surface area contributed by atoms with Crippen molar-refractivity contribution in [2.24, 2.45) is 5.92 Å². The molecule has 10 rings (SSSR count). The number of halogens is 1. The normalized spacial score (nSPS) is 15.2. The zero-order valence-electron chi connectivity index (χ0n) is 48.7. The molecule has 2 aliphatic rings. The molecule has 8 aromatic rings. The number of likely N-dealkylation sites (tertiary alicyclic amines) is 1. The smallest absolute Gasteiger partial charge is 0.336 e. The van der Waals surface area contributed by atoms with Gasteiger partial charge in [-0.3, -0.25) is 19.2 Å². The summed E-state index contributed by atoms with van der Waals surface area (Å²) in [5.74, 6) is -1.56. The molecule has 0 unspecified atom stereocenters. The van der Waals surface area contributed by atoms with Crippen molar-refractivity contribution >= 4 is 74.5 Å². The van der Waals surface area contributed by atoms with Crippen LogP contribution in [0.4, 0.5) is 0 Å². The molecule has 21 nitrogen and oxygen atoms in total. The summed E-state index contributed by atoms with van der Waals surface area (Å²) in [5, 5.41) is 27.6. The maximum absolute atomic E-state index is 14.3. The minimum absolute atomic E-state index is 0.0145. The number of carboxylic acids is 1. The van der Waals surface area contributed by atoms with E-state index in [0.29, 0.717) is 104 Å². The van der Waals surface area contributed by atoms with Gasteiger partial charge in [0.25, 0.3) is 11.9 Å². The van der Waals surface area contributed by atoms with Crippen molar-refractivity contribution in [3.63, 3.8) is 0 Å². The van der Waals surface area contributed by atoms with Crippen LogP contribution < -0.4 is 20.1 Å². The van der Waals surface area contributed by atoms with Gasteiger partial charge in [-0.05, 0) is 96.6 Å². The number of amides is 4. The van der Waals surface area contributed by atoms with Crippen molar-refractivity contribution in [1.29, 1.82) is 0 Å². The van der Waals surface area contributed by atoms with Crippen LogP contribution in [0.2, 0.25) is 5.02 Å². The number of rotatable bonds is 29. The number of nitrogens with zero attached hydrogens (tertiary/aromatic N) is 5. The number of H-pyrrole nitrogens is 1. The number of carboxylic acid groups (broad SMARTS) is 1. The fourth-order valence-corrected chi connectivity index (χ4v) is 11.9. The highest BCUT2D eigenvalue weighted by Gasteiger charge is 2.46. The second-order valence-corrected chi connectivity index (χ2v) is 22.9. The fourth-order valence-electron chi connectivity index (χ4n) is 10.8. The average molecular weight is 1230 g/mol. The fraction of sp³-hybridized carbons (Fsp3) is 0.359. The predicted molar refractivity (Wildman–Crippen MR) is 327 cm³/mol. The highest BCUT2D eigenvalue weighted by atomic mass is 35.5. The molecular weight excluding hydrogens is 1160 g/mol. The average Bonchev–Trinajstić information content (AvgIpc) is 1.96. The number of ether oxygens (including phenoxy) is 6. The number of aromatic carboxylic acids is 1. The lowest BCUT2D eigenvalue weighted by Gasteiger charge is -2.35. The number of fused-ring (bicyclic) bond motifs is 3. The summed E-state index contributed by atoms with van der Waals surface area (Å²) < 4.78 is 36.8. The Bertz CT molecular complexity index is 3790. The molecule has 3 aromatic heterocycles. The highest BCUT2D eigenvalue weighted by molar-refractivity contribution is 7.13. The van der Waals surface area contributed by atoms with Gasteiger partial charge in [-0.1, -0.05) is 67.9 Å². The Labute approximate surface area is 511 Å². The Morgan fingerprint density at radius 2 is 1.56 bits per heavy atom. The molecule has 0 bridgehead atoms. The van der Waals surface area contributed by atoms with E-state index < -0.39 is 30.1 Å². The minimum Gasteiger partial charge on any atom is -0.491 e. The minimum atomic E-state index is -1.04. The van der Waals surface area contributed by atoms with Crippen LogP contribution in [0.5, 0.6) is 17.5 Å². The third-order valence-corrected chi connectivity index (χ3v) is 16.5. The molecule has 1 saturated heterocycles. The van der Waals surface area contributed by atoms with E-state index >= 15 is 0 Å². The number of aliphatic hydroxyl groups excluding tert-OH is 1. The molecule has 23 heteroatoms. The monoisotopic (exact) mass is 1220 g/mol. The maximum Gasteiger partial charge on any atom is 0.336 e. The predicted octanol–water partition coefficient (Wildman–Crippen LogP) is 8.59. The van der Waals surface area contributed by atoms with Gasteiger partial charge < -0.3 is 68.6 Å². The number of hydrogen-bond acceptors (Lipinski definition) is 15. The number of thiazole rings is 1. The van der Waals surface area contributed by atoms with E-state index in [1.165, 1.54) is 22.3 Å². The van der Waals surface area contributed by atoms with Crippen LogP contribution in [0.3, 0.4) is 0 Å². The van der Waals surface area contributed by atoms with Crippen molar-refractivity contribution in [1.82, 2.24) is 40.0 Å². The van der Waals surface area contributed by atoms with E-state index in [1.54, 1.807) is 47.7 Å². The zero-order chi connectivity index (χ0) is 61.1. The summed E-state index contributed by atoms with van der Waals surface area (Å²) in [6, 6.07) is 27.8.